The van der Waals surface area contributed by atoms with Gasteiger partial charge in [0.2, 0.25) is 5.95 Å². The van der Waals surface area contributed by atoms with Crippen LogP contribution in [0.3, 0.4) is 0 Å². The number of rotatable bonds is 2. The van der Waals surface area contributed by atoms with Crippen LogP contribution in [0.1, 0.15) is 17.2 Å². The summed E-state index contributed by atoms with van der Waals surface area (Å²) in [7, 11) is 0. The SMILES string of the molecule is Fc1cccc(Cl)c1[C@H]1C=C(c2ccc(I)cc2)Nc2nnnn21. The number of nitrogens with one attached hydrogen (secondary N) is 1. The summed E-state index contributed by atoms with van der Waals surface area (Å²) in [6, 6.07) is 12.1. The molecule has 0 saturated heterocycles. The molecule has 0 unspecified atom stereocenters. The van der Waals surface area contributed by atoms with Gasteiger partial charge in [-0.05, 0) is 68.9 Å². The van der Waals surface area contributed by atoms with Crippen LogP contribution < -0.4 is 5.32 Å². The molecule has 8 heteroatoms. The zero-order valence-corrected chi connectivity index (χ0v) is 15.0. The summed E-state index contributed by atoms with van der Waals surface area (Å²) >= 11 is 8.48. The number of fused-ring (bicyclic) bond motifs is 1. The first-order valence-corrected chi connectivity index (χ1v) is 8.56. The molecule has 24 heavy (non-hydrogen) atoms. The monoisotopic (exact) mass is 453 g/mol. The van der Waals surface area contributed by atoms with E-state index in [0.29, 0.717) is 16.5 Å². The number of hydrogen-bond acceptors (Lipinski definition) is 4. The summed E-state index contributed by atoms with van der Waals surface area (Å²) < 4.78 is 17.0. The van der Waals surface area contributed by atoms with Crippen LogP contribution in [0.4, 0.5) is 10.3 Å². The van der Waals surface area contributed by atoms with E-state index in [2.05, 4.69) is 43.4 Å². The predicted octanol–water partition coefficient (Wildman–Crippen LogP) is 4.13. The molecule has 1 aliphatic rings. The van der Waals surface area contributed by atoms with Gasteiger partial charge in [0, 0.05) is 19.9 Å². The maximum atomic E-state index is 14.4. The number of nitrogens with zero attached hydrogens (tertiary/aromatic N) is 4. The maximum Gasteiger partial charge on any atom is 0.248 e. The Hall–Kier alpha value is -2.00. The van der Waals surface area contributed by atoms with E-state index in [1.54, 1.807) is 12.1 Å². The van der Waals surface area contributed by atoms with Gasteiger partial charge in [-0.3, -0.25) is 0 Å². The van der Waals surface area contributed by atoms with Gasteiger partial charge in [0.1, 0.15) is 11.9 Å². The van der Waals surface area contributed by atoms with Crippen molar-refractivity contribution < 1.29 is 4.39 Å². The molecule has 1 aliphatic heterocycles. The number of aromatic nitrogens is 4. The average Bonchev–Trinajstić information content (AvgIpc) is 3.04. The largest absolute Gasteiger partial charge is 0.323 e. The molecule has 1 atom stereocenters. The minimum absolute atomic E-state index is 0.335. The number of halogens is 3. The maximum absolute atomic E-state index is 14.4. The van der Waals surface area contributed by atoms with E-state index in [4.69, 9.17) is 11.6 Å². The molecule has 0 saturated carbocycles. The zero-order valence-electron chi connectivity index (χ0n) is 12.1. The average molecular weight is 454 g/mol. The van der Waals surface area contributed by atoms with Crippen LogP contribution in [0.5, 0.6) is 0 Å². The van der Waals surface area contributed by atoms with Crippen molar-refractivity contribution >= 4 is 45.8 Å². The Morgan fingerprint density at radius 2 is 1.96 bits per heavy atom. The molecule has 5 nitrogen and oxygen atoms in total. The molecule has 4 rings (SSSR count). The lowest BCUT2D eigenvalue weighted by Gasteiger charge is -2.24. The number of allylic oxidation sites excluding steroid dienone is 1. The second-order valence-electron chi connectivity index (χ2n) is 5.24. The van der Waals surface area contributed by atoms with Crippen molar-refractivity contribution in [1.29, 1.82) is 0 Å². The lowest BCUT2D eigenvalue weighted by Crippen LogP contribution is -2.21. The molecular formula is C16H10ClFIN5. The Morgan fingerprint density at radius 1 is 1.17 bits per heavy atom. The fraction of sp³-hybridized carbons (Fsp3) is 0.0625. The number of benzene rings is 2. The quantitative estimate of drug-likeness (QED) is 0.593. The van der Waals surface area contributed by atoms with Crippen LogP contribution in [0.25, 0.3) is 5.70 Å². The molecule has 0 amide bonds. The van der Waals surface area contributed by atoms with Gasteiger partial charge < -0.3 is 5.32 Å². The lowest BCUT2D eigenvalue weighted by atomic mass is 10.0. The van der Waals surface area contributed by atoms with Gasteiger partial charge in [-0.2, -0.15) is 4.68 Å². The summed E-state index contributed by atoms with van der Waals surface area (Å²) in [6.45, 7) is 0. The summed E-state index contributed by atoms with van der Waals surface area (Å²) in [4.78, 5) is 0. The zero-order chi connectivity index (χ0) is 16.7. The van der Waals surface area contributed by atoms with E-state index in [1.165, 1.54) is 10.7 Å². The molecule has 1 N–H and O–H groups in total. The van der Waals surface area contributed by atoms with Crippen molar-refractivity contribution in [3.8, 4) is 0 Å². The van der Waals surface area contributed by atoms with E-state index < -0.39 is 11.9 Å². The van der Waals surface area contributed by atoms with Crippen molar-refractivity contribution in [2.75, 3.05) is 5.32 Å². The fourth-order valence-corrected chi connectivity index (χ4v) is 3.28. The molecule has 0 bridgehead atoms. The van der Waals surface area contributed by atoms with Crippen LogP contribution in [0, 0.1) is 9.39 Å². The highest BCUT2D eigenvalue weighted by Gasteiger charge is 2.28. The van der Waals surface area contributed by atoms with Crippen LogP contribution in [-0.2, 0) is 0 Å². The summed E-state index contributed by atoms with van der Waals surface area (Å²) in [5.41, 5.74) is 2.11. The molecule has 0 fully saturated rings. The minimum Gasteiger partial charge on any atom is -0.323 e. The lowest BCUT2D eigenvalue weighted by molar-refractivity contribution is 0.540. The van der Waals surface area contributed by atoms with Gasteiger partial charge in [-0.15, -0.1) is 0 Å². The highest BCUT2D eigenvalue weighted by Crippen LogP contribution is 2.36. The standard InChI is InChI=1S/C16H10ClFIN5/c17-11-2-1-3-12(18)15(11)14-8-13(9-4-6-10(19)7-5-9)20-16-21-22-23-24(14)16/h1-8,14H,(H,20,21,23)/t14-/m1/s1. The van der Waals surface area contributed by atoms with Crippen LogP contribution >= 0.6 is 34.2 Å². The molecule has 0 radical (unpaired) electrons. The van der Waals surface area contributed by atoms with Crippen molar-refractivity contribution in [3.05, 3.63) is 74.1 Å². The van der Waals surface area contributed by atoms with Gasteiger partial charge in [-0.1, -0.05) is 34.9 Å². The first-order valence-electron chi connectivity index (χ1n) is 7.10. The third-order valence-corrected chi connectivity index (χ3v) is 4.83. The normalized spacial score (nSPS) is 16.3. The molecule has 2 heterocycles. The minimum atomic E-state index is -0.528. The first-order chi connectivity index (χ1) is 11.6. The Balaban J connectivity index is 1.87. The molecule has 2 aromatic carbocycles. The van der Waals surface area contributed by atoms with Crippen molar-refractivity contribution in [2.24, 2.45) is 0 Å². The van der Waals surface area contributed by atoms with Gasteiger partial charge in [0.25, 0.3) is 0 Å². The van der Waals surface area contributed by atoms with Crippen molar-refractivity contribution in [3.63, 3.8) is 0 Å². The molecule has 1 aromatic heterocycles. The van der Waals surface area contributed by atoms with Gasteiger partial charge in [0.05, 0.1) is 0 Å². The molecule has 0 aliphatic carbocycles. The highest BCUT2D eigenvalue weighted by molar-refractivity contribution is 14.1. The Kier molecular flexibility index (Phi) is 3.97. The van der Waals surface area contributed by atoms with E-state index in [9.17, 15) is 4.39 Å². The first kappa shape index (κ1) is 15.5. The molecule has 0 spiro atoms. The second-order valence-corrected chi connectivity index (χ2v) is 6.89. The van der Waals surface area contributed by atoms with E-state index in [0.717, 1.165) is 14.8 Å². The van der Waals surface area contributed by atoms with Crippen LogP contribution in [0.15, 0.2) is 48.5 Å². The summed E-state index contributed by atoms with van der Waals surface area (Å²) in [5, 5.41) is 15.1. The van der Waals surface area contributed by atoms with Crippen molar-refractivity contribution in [1.82, 2.24) is 20.2 Å². The Bertz CT molecular complexity index is 918. The summed E-state index contributed by atoms with van der Waals surface area (Å²) in [5.74, 6) is 0.0458. The number of anilines is 1. The van der Waals surface area contributed by atoms with E-state index >= 15 is 0 Å². The fourth-order valence-electron chi connectivity index (χ4n) is 2.65. The van der Waals surface area contributed by atoms with Gasteiger partial charge >= 0.3 is 0 Å². The van der Waals surface area contributed by atoms with E-state index in [1.807, 2.05) is 30.3 Å². The second kappa shape index (κ2) is 6.14. The molecular weight excluding hydrogens is 444 g/mol. The third-order valence-electron chi connectivity index (χ3n) is 3.78. The van der Waals surface area contributed by atoms with Crippen LogP contribution in [0.2, 0.25) is 5.02 Å². The van der Waals surface area contributed by atoms with E-state index in [-0.39, 0.29) is 0 Å². The smallest absolute Gasteiger partial charge is 0.248 e. The van der Waals surface area contributed by atoms with Crippen LogP contribution in [-0.4, -0.2) is 20.2 Å². The van der Waals surface area contributed by atoms with Crippen molar-refractivity contribution in [2.45, 2.75) is 6.04 Å². The Labute approximate surface area is 155 Å². The predicted molar refractivity (Wildman–Crippen MR) is 98.1 cm³/mol. The van der Waals surface area contributed by atoms with Gasteiger partial charge in [-0.25, -0.2) is 4.39 Å². The number of tetrazole rings is 1. The topological polar surface area (TPSA) is 55.6 Å². The highest BCUT2D eigenvalue weighted by atomic mass is 127. The third kappa shape index (κ3) is 2.67. The molecule has 3 aromatic rings. The summed E-state index contributed by atoms with van der Waals surface area (Å²) in [6.07, 6.45) is 1.87. The van der Waals surface area contributed by atoms with Gasteiger partial charge in [0.15, 0.2) is 0 Å². The Morgan fingerprint density at radius 3 is 2.71 bits per heavy atom. The number of hydrogen-bond donors (Lipinski definition) is 1. The molecule has 120 valence electrons.